The number of thiocarbonyl (C=S) groups is 1. The second-order valence-electron chi connectivity index (χ2n) is 6.93. The average molecular weight is 446 g/mol. The molecule has 160 valence electrons. The van der Waals surface area contributed by atoms with E-state index >= 15 is 0 Å². The number of nitro benzene ring substituents is 1. The standard InChI is InChI=1S/C22H18N6O3S/c1-2-14-3-8-17(9-4-14)27-25-19-12-7-16(13-20(19)26-27)23-22(32)24-21(29)15-5-10-18(11-6-15)28(30)31/h3-13H,2H2,1H3,(H2,23,24,29,32). The van der Waals surface area contributed by atoms with Crippen LogP contribution in [0.3, 0.4) is 0 Å². The zero-order valence-electron chi connectivity index (χ0n) is 17.0. The van der Waals surface area contributed by atoms with Crippen molar-refractivity contribution in [1.29, 1.82) is 0 Å². The average Bonchev–Trinajstić information content (AvgIpc) is 3.22. The van der Waals surface area contributed by atoms with Crippen LogP contribution in [-0.2, 0) is 6.42 Å². The quantitative estimate of drug-likeness (QED) is 0.270. The molecule has 0 spiro atoms. The second-order valence-corrected chi connectivity index (χ2v) is 7.33. The molecule has 3 aromatic carbocycles. The normalized spacial score (nSPS) is 10.7. The lowest BCUT2D eigenvalue weighted by Crippen LogP contribution is -2.34. The van der Waals surface area contributed by atoms with E-state index in [1.807, 2.05) is 30.3 Å². The molecule has 0 unspecified atom stereocenters. The zero-order valence-corrected chi connectivity index (χ0v) is 17.8. The molecule has 0 atom stereocenters. The van der Waals surface area contributed by atoms with Crippen LogP contribution in [0.2, 0.25) is 0 Å². The van der Waals surface area contributed by atoms with E-state index in [0.717, 1.165) is 17.6 Å². The van der Waals surface area contributed by atoms with Crippen molar-refractivity contribution in [2.75, 3.05) is 5.32 Å². The second kappa shape index (κ2) is 8.90. The highest BCUT2D eigenvalue weighted by Crippen LogP contribution is 2.18. The van der Waals surface area contributed by atoms with Gasteiger partial charge in [0, 0.05) is 23.4 Å². The topological polar surface area (TPSA) is 115 Å². The van der Waals surface area contributed by atoms with Crippen LogP contribution in [0, 0.1) is 10.1 Å². The Bertz CT molecular complexity index is 1320. The lowest BCUT2D eigenvalue weighted by molar-refractivity contribution is -0.384. The molecule has 0 aliphatic rings. The molecule has 1 heterocycles. The summed E-state index contributed by atoms with van der Waals surface area (Å²) in [5.74, 6) is -0.472. The summed E-state index contributed by atoms with van der Waals surface area (Å²) in [5, 5.41) is 25.3. The van der Waals surface area contributed by atoms with Crippen molar-refractivity contribution in [2.24, 2.45) is 0 Å². The predicted molar refractivity (Wildman–Crippen MR) is 125 cm³/mol. The summed E-state index contributed by atoms with van der Waals surface area (Å²) in [5.41, 5.74) is 4.28. The number of nitrogens with zero attached hydrogens (tertiary/aromatic N) is 4. The van der Waals surface area contributed by atoms with Gasteiger partial charge in [0.15, 0.2) is 5.11 Å². The first kappa shape index (κ1) is 21.1. The van der Waals surface area contributed by atoms with E-state index in [2.05, 4.69) is 27.8 Å². The van der Waals surface area contributed by atoms with E-state index in [9.17, 15) is 14.9 Å². The predicted octanol–water partition coefficient (Wildman–Crippen LogP) is 4.02. The molecular weight excluding hydrogens is 428 g/mol. The van der Waals surface area contributed by atoms with E-state index in [-0.39, 0.29) is 16.4 Å². The molecular formula is C22H18N6O3S. The van der Waals surface area contributed by atoms with Crippen LogP contribution in [0.25, 0.3) is 16.7 Å². The summed E-state index contributed by atoms with van der Waals surface area (Å²) in [7, 11) is 0. The van der Waals surface area contributed by atoms with Gasteiger partial charge in [0.05, 0.1) is 10.6 Å². The van der Waals surface area contributed by atoms with Crippen molar-refractivity contribution < 1.29 is 9.72 Å². The Balaban J connectivity index is 1.44. The molecule has 4 rings (SSSR count). The maximum atomic E-state index is 12.3. The zero-order chi connectivity index (χ0) is 22.7. The molecule has 0 fully saturated rings. The summed E-state index contributed by atoms with van der Waals surface area (Å²) in [6.07, 6.45) is 0.963. The largest absolute Gasteiger partial charge is 0.332 e. The number of anilines is 1. The van der Waals surface area contributed by atoms with Crippen LogP contribution in [0.1, 0.15) is 22.8 Å². The Hall–Kier alpha value is -4.18. The third-order valence-corrected chi connectivity index (χ3v) is 4.99. The maximum Gasteiger partial charge on any atom is 0.269 e. The summed E-state index contributed by atoms with van der Waals surface area (Å²) in [4.78, 5) is 24.1. The first-order valence-corrected chi connectivity index (χ1v) is 10.2. The SMILES string of the molecule is CCc1ccc(-n2nc3ccc(NC(=S)NC(=O)c4ccc([N+](=O)[O-])cc4)cc3n2)cc1. The molecule has 2 N–H and O–H groups in total. The third kappa shape index (κ3) is 4.60. The summed E-state index contributed by atoms with van der Waals surface area (Å²) >= 11 is 5.22. The molecule has 0 saturated heterocycles. The van der Waals surface area contributed by atoms with E-state index in [1.54, 1.807) is 16.9 Å². The van der Waals surface area contributed by atoms with Gasteiger partial charge in [0.25, 0.3) is 11.6 Å². The summed E-state index contributed by atoms with van der Waals surface area (Å²) < 4.78 is 0. The molecule has 1 amide bonds. The minimum absolute atomic E-state index is 0.0927. The summed E-state index contributed by atoms with van der Waals surface area (Å²) in [6.45, 7) is 2.10. The number of aryl methyl sites for hydroxylation is 1. The lowest BCUT2D eigenvalue weighted by atomic mass is 10.2. The van der Waals surface area contributed by atoms with Crippen LogP contribution < -0.4 is 10.6 Å². The van der Waals surface area contributed by atoms with Gasteiger partial charge < -0.3 is 5.32 Å². The molecule has 4 aromatic rings. The van der Waals surface area contributed by atoms with Crippen LogP contribution in [0.4, 0.5) is 11.4 Å². The van der Waals surface area contributed by atoms with E-state index < -0.39 is 10.8 Å². The van der Waals surface area contributed by atoms with Gasteiger partial charge >= 0.3 is 0 Å². The number of nitro groups is 1. The number of benzene rings is 3. The van der Waals surface area contributed by atoms with Crippen LogP contribution in [-0.4, -0.2) is 30.9 Å². The minimum atomic E-state index is -0.527. The Labute approximate surface area is 188 Å². The van der Waals surface area contributed by atoms with Gasteiger partial charge in [-0.15, -0.1) is 10.2 Å². The van der Waals surface area contributed by atoms with E-state index in [1.165, 1.54) is 29.8 Å². The molecule has 0 aliphatic heterocycles. The van der Waals surface area contributed by atoms with E-state index in [0.29, 0.717) is 11.2 Å². The van der Waals surface area contributed by atoms with Crippen molar-refractivity contribution in [3.8, 4) is 5.69 Å². The number of aromatic nitrogens is 3. The monoisotopic (exact) mass is 446 g/mol. The minimum Gasteiger partial charge on any atom is -0.332 e. The number of carbonyl (C=O) groups excluding carboxylic acids is 1. The molecule has 9 nitrogen and oxygen atoms in total. The van der Waals surface area contributed by atoms with Crippen molar-refractivity contribution in [3.63, 3.8) is 0 Å². The van der Waals surface area contributed by atoms with Gasteiger partial charge in [-0.25, -0.2) is 0 Å². The van der Waals surface area contributed by atoms with Crippen molar-refractivity contribution >= 4 is 45.6 Å². The molecule has 32 heavy (non-hydrogen) atoms. The number of carbonyl (C=O) groups is 1. The number of hydrogen-bond acceptors (Lipinski definition) is 6. The Kier molecular flexibility index (Phi) is 5.86. The fraction of sp³-hybridized carbons (Fsp3) is 0.0909. The van der Waals surface area contributed by atoms with Gasteiger partial charge in [0.2, 0.25) is 0 Å². The van der Waals surface area contributed by atoms with Gasteiger partial charge in [-0.05, 0) is 66.7 Å². The number of amides is 1. The highest BCUT2D eigenvalue weighted by Gasteiger charge is 2.12. The number of rotatable bonds is 5. The first-order valence-electron chi connectivity index (χ1n) is 9.76. The number of nitrogens with one attached hydrogen (secondary N) is 2. The van der Waals surface area contributed by atoms with Crippen LogP contribution >= 0.6 is 12.2 Å². The van der Waals surface area contributed by atoms with Crippen LogP contribution in [0.5, 0.6) is 0 Å². The van der Waals surface area contributed by atoms with Crippen molar-refractivity contribution in [3.05, 3.63) is 88.0 Å². The Morgan fingerprint density at radius 2 is 1.72 bits per heavy atom. The fourth-order valence-electron chi connectivity index (χ4n) is 3.04. The number of fused-ring (bicyclic) bond motifs is 1. The van der Waals surface area contributed by atoms with Gasteiger partial charge in [-0.2, -0.15) is 4.80 Å². The highest BCUT2D eigenvalue weighted by molar-refractivity contribution is 7.80. The van der Waals surface area contributed by atoms with Gasteiger partial charge in [-0.3, -0.25) is 20.2 Å². The highest BCUT2D eigenvalue weighted by atomic mass is 32.1. The molecule has 0 aliphatic carbocycles. The third-order valence-electron chi connectivity index (χ3n) is 4.78. The van der Waals surface area contributed by atoms with Crippen molar-refractivity contribution in [2.45, 2.75) is 13.3 Å². The molecule has 0 bridgehead atoms. The van der Waals surface area contributed by atoms with Crippen LogP contribution in [0.15, 0.2) is 66.7 Å². The maximum absolute atomic E-state index is 12.3. The van der Waals surface area contributed by atoms with Gasteiger partial charge in [-0.1, -0.05) is 19.1 Å². The van der Waals surface area contributed by atoms with Crippen molar-refractivity contribution in [1.82, 2.24) is 20.3 Å². The first-order chi connectivity index (χ1) is 15.4. The Morgan fingerprint density at radius 1 is 1.03 bits per heavy atom. The van der Waals surface area contributed by atoms with E-state index in [4.69, 9.17) is 12.2 Å². The van der Waals surface area contributed by atoms with Gasteiger partial charge in [0.1, 0.15) is 11.0 Å². The molecule has 10 heteroatoms. The lowest BCUT2D eigenvalue weighted by Gasteiger charge is -2.09. The molecule has 0 saturated carbocycles. The smallest absolute Gasteiger partial charge is 0.269 e. The molecule has 1 aromatic heterocycles. The number of hydrogen-bond donors (Lipinski definition) is 2. The summed E-state index contributed by atoms with van der Waals surface area (Å²) in [6, 6.07) is 18.7. The fourth-order valence-corrected chi connectivity index (χ4v) is 3.26. The Morgan fingerprint density at radius 3 is 2.38 bits per heavy atom. The molecule has 0 radical (unpaired) electrons. The number of non-ortho nitro benzene ring substituents is 1.